The van der Waals surface area contributed by atoms with Crippen LogP contribution in [-0.2, 0) is 6.54 Å². The highest BCUT2D eigenvalue weighted by molar-refractivity contribution is 5.78. The molecule has 0 spiro atoms. The minimum absolute atomic E-state index is 0.129. The van der Waals surface area contributed by atoms with Crippen LogP contribution in [0.4, 0.5) is 9.18 Å². The molecular formula is C9H9FN2O. The van der Waals surface area contributed by atoms with E-state index < -0.39 is 6.03 Å². The summed E-state index contributed by atoms with van der Waals surface area (Å²) in [5, 5.41) is 2.38. The lowest BCUT2D eigenvalue weighted by atomic mass is 10.2. The molecule has 0 bridgehead atoms. The second-order valence-corrected chi connectivity index (χ2v) is 2.41. The quantitative estimate of drug-likeness (QED) is 0.692. The van der Waals surface area contributed by atoms with Crippen molar-refractivity contribution in [1.29, 1.82) is 0 Å². The van der Waals surface area contributed by atoms with E-state index in [1.807, 2.05) is 0 Å². The predicted molar refractivity (Wildman–Crippen MR) is 48.2 cm³/mol. The summed E-state index contributed by atoms with van der Waals surface area (Å²) < 4.78 is 12.9. The number of nitrogens with one attached hydrogen (secondary N) is 1. The van der Waals surface area contributed by atoms with Crippen molar-refractivity contribution in [3.63, 3.8) is 0 Å². The molecule has 0 aliphatic rings. The van der Waals surface area contributed by atoms with Crippen LogP contribution in [0.25, 0.3) is 0 Å². The van der Waals surface area contributed by atoms with Crippen LogP contribution in [0.2, 0.25) is 0 Å². The molecule has 0 unspecified atom stereocenters. The maximum Gasteiger partial charge on any atom is 0.340 e. The van der Waals surface area contributed by atoms with Crippen molar-refractivity contribution in [2.24, 2.45) is 4.99 Å². The monoisotopic (exact) mass is 180 g/mol. The summed E-state index contributed by atoms with van der Waals surface area (Å²) in [5.41, 5.74) is 0.430. The molecule has 0 radical (unpaired) electrons. The Morgan fingerprint density at radius 1 is 1.54 bits per heavy atom. The fourth-order valence-electron chi connectivity index (χ4n) is 0.868. The van der Waals surface area contributed by atoms with E-state index in [4.69, 9.17) is 0 Å². The topological polar surface area (TPSA) is 41.5 Å². The zero-order chi connectivity index (χ0) is 9.68. The molecule has 1 N–H and O–H groups in total. The maximum atomic E-state index is 12.9. The van der Waals surface area contributed by atoms with Crippen LogP contribution >= 0.6 is 0 Å². The van der Waals surface area contributed by atoms with Gasteiger partial charge in [-0.25, -0.2) is 14.2 Å². The molecule has 68 valence electrons. The summed E-state index contributed by atoms with van der Waals surface area (Å²) in [6.07, 6.45) is 0. The van der Waals surface area contributed by atoms with Crippen LogP contribution in [0.15, 0.2) is 29.3 Å². The molecule has 0 aliphatic heterocycles. The van der Waals surface area contributed by atoms with Crippen LogP contribution < -0.4 is 5.32 Å². The Bertz CT molecular complexity index is 325. The van der Waals surface area contributed by atoms with Gasteiger partial charge in [0.1, 0.15) is 5.82 Å². The van der Waals surface area contributed by atoms with Crippen molar-refractivity contribution >= 4 is 12.7 Å². The number of hydrogen-bond donors (Lipinski definition) is 1. The Morgan fingerprint density at radius 3 is 2.85 bits per heavy atom. The summed E-state index contributed by atoms with van der Waals surface area (Å²) in [5.74, 6) is -0.341. The molecule has 1 aromatic rings. The number of aliphatic imine (C=N–C) groups is 1. The molecule has 0 saturated heterocycles. The lowest BCUT2D eigenvalue weighted by Gasteiger charge is -2.02. The smallest absolute Gasteiger partial charge is 0.332 e. The standard InChI is InChI=1S/C9H9FN2O/c1-11-9(13)12-6-7-4-2-3-5-8(7)10/h2-5H,1,6H2,(H,12,13). The third-order valence-electron chi connectivity index (χ3n) is 1.53. The molecule has 13 heavy (non-hydrogen) atoms. The number of urea groups is 1. The van der Waals surface area contributed by atoms with Crippen LogP contribution in [0, 0.1) is 5.82 Å². The van der Waals surface area contributed by atoms with Gasteiger partial charge in [-0.1, -0.05) is 18.2 Å². The van der Waals surface area contributed by atoms with E-state index in [1.165, 1.54) is 6.07 Å². The lowest BCUT2D eigenvalue weighted by Crippen LogP contribution is -2.19. The molecular weight excluding hydrogens is 171 g/mol. The number of rotatable bonds is 2. The molecule has 0 heterocycles. The normalized spacial score (nSPS) is 9.31. The number of carbonyl (C=O) groups is 1. The van der Waals surface area contributed by atoms with Crippen LogP contribution in [0.3, 0.4) is 0 Å². The van der Waals surface area contributed by atoms with E-state index in [9.17, 15) is 9.18 Å². The Balaban J connectivity index is 2.59. The third-order valence-corrected chi connectivity index (χ3v) is 1.53. The number of halogens is 1. The van der Waals surface area contributed by atoms with Crippen LogP contribution in [0.5, 0.6) is 0 Å². The van der Waals surface area contributed by atoms with E-state index in [2.05, 4.69) is 17.0 Å². The van der Waals surface area contributed by atoms with Gasteiger partial charge >= 0.3 is 6.03 Å². The average molecular weight is 180 g/mol. The minimum atomic E-state index is -0.553. The Kier molecular flexibility index (Phi) is 3.14. The largest absolute Gasteiger partial charge is 0.340 e. The fraction of sp³-hybridized carbons (Fsp3) is 0.111. The van der Waals surface area contributed by atoms with Gasteiger partial charge in [-0.05, 0) is 12.8 Å². The Morgan fingerprint density at radius 2 is 2.23 bits per heavy atom. The molecule has 3 nitrogen and oxygen atoms in total. The number of carbonyl (C=O) groups excluding carboxylic acids is 1. The summed E-state index contributed by atoms with van der Waals surface area (Å²) in [6, 6.07) is 5.67. The summed E-state index contributed by atoms with van der Waals surface area (Å²) in [6.45, 7) is 3.17. The van der Waals surface area contributed by atoms with E-state index in [0.717, 1.165) is 0 Å². The van der Waals surface area contributed by atoms with Crippen molar-refractivity contribution < 1.29 is 9.18 Å². The molecule has 4 heteroatoms. The molecule has 2 amide bonds. The molecule has 0 saturated carbocycles. The fourth-order valence-corrected chi connectivity index (χ4v) is 0.868. The Labute approximate surface area is 75.3 Å². The van der Waals surface area contributed by atoms with E-state index in [-0.39, 0.29) is 12.4 Å². The van der Waals surface area contributed by atoms with Gasteiger partial charge in [0.15, 0.2) is 0 Å². The minimum Gasteiger partial charge on any atom is -0.332 e. The summed E-state index contributed by atoms with van der Waals surface area (Å²) in [4.78, 5) is 13.7. The summed E-state index contributed by atoms with van der Waals surface area (Å²) >= 11 is 0. The van der Waals surface area contributed by atoms with Crippen molar-refractivity contribution in [3.05, 3.63) is 35.6 Å². The lowest BCUT2D eigenvalue weighted by molar-refractivity contribution is 0.249. The van der Waals surface area contributed by atoms with Crippen molar-refractivity contribution in [2.75, 3.05) is 0 Å². The van der Waals surface area contributed by atoms with Crippen molar-refractivity contribution in [3.8, 4) is 0 Å². The van der Waals surface area contributed by atoms with E-state index >= 15 is 0 Å². The van der Waals surface area contributed by atoms with Gasteiger partial charge in [0.05, 0.1) is 0 Å². The van der Waals surface area contributed by atoms with Crippen LogP contribution in [-0.4, -0.2) is 12.7 Å². The van der Waals surface area contributed by atoms with Gasteiger partial charge in [0, 0.05) is 12.1 Å². The van der Waals surface area contributed by atoms with Crippen molar-refractivity contribution in [1.82, 2.24) is 5.32 Å². The van der Waals surface area contributed by atoms with Gasteiger partial charge < -0.3 is 5.32 Å². The molecule has 0 atom stereocenters. The Hall–Kier alpha value is -1.71. The average Bonchev–Trinajstić information content (AvgIpc) is 2.16. The zero-order valence-electron chi connectivity index (χ0n) is 6.96. The molecule has 0 aromatic heterocycles. The van der Waals surface area contributed by atoms with Crippen LogP contribution in [0.1, 0.15) is 5.56 Å². The van der Waals surface area contributed by atoms with Gasteiger partial charge in [-0.3, -0.25) is 0 Å². The maximum absolute atomic E-state index is 12.9. The van der Waals surface area contributed by atoms with E-state index in [1.54, 1.807) is 18.2 Å². The highest BCUT2D eigenvalue weighted by Gasteiger charge is 2.01. The predicted octanol–water partition coefficient (Wildman–Crippen LogP) is 1.74. The van der Waals surface area contributed by atoms with Gasteiger partial charge in [0.25, 0.3) is 0 Å². The van der Waals surface area contributed by atoms with E-state index in [0.29, 0.717) is 5.56 Å². The third kappa shape index (κ3) is 2.66. The van der Waals surface area contributed by atoms with Gasteiger partial charge in [-0.15, -0.1) is 0 Å². The summed E-state index contributed by atoms with van der Waals surface area (Å²) in [7, 11) is 0. The highest BCUT2D eigenvalue weighted by Crippen LogP contribution is 2.05. The highest BCUT2D eigenvalue weighted by atomic mass is 19.1. The number of benzene rings is 1. The second-order valence-electron chi connectivity index (χ2n) is 2.41. The SMILES string of the molecule is C=NC(=O)NCc1ccccc1F. The first kappa shape index (κ1) is 9.38. The number of hydrogen-bond acceptors (Lipinski definition) is 1. The second kappa shape index (κ2) is 4.35. The van der Waals surface area contributed by atoms with Crippen molar-refractivity contribution in [2.45, 2.75) is 6.54 Å². The number of nitrogens with zero attached hydrogens (tertiary/aromatic N) is 1. The first-order valence-corrected chi connectivity index (χ1v) is 3.72. The number of amides is 2. The molecule has 1 aromatic carbocycles. The van der Waals surface area contributed by atoms with Gasteiger partial charge in [0.2, 0.25) is 0 Å². The first-order chi connectivity index (χ1) is 6.24. The first-order valence-electron chi connectivity index (χ1n) is 3.72. The van der Waals surface area contributed by atoms with Gasteiger partial charge in [-0.2, -0.15) is 0 Å². The zero-order valence-corrected chi connectivity index (χ0v) is 6.96. The molecule has 1 rings (SSSR count). The molecule has 0 aliphatic carbocycles. The molecule has 0 fully saturated rings.